The number of nitrogens with zero attached hydrogens (tertiary/aromatic N) is 1. The van der Waals surface area contributed by atoms with Crippen LogP contribution in [0.3, 0.4) is 0 Å². The molecule has 104 valence electrons. The molecule has 1 N–H and O–H groups in total. The van der Waals surface area contributed by atoms with Crippen LogP contribution in [0, 0.1) is 5.41 Å². The van der Waals surface area contributed by atoms with Crippen LogP contribution in [0.15, 0.2) is 18.2 Å². The Morgan fingerprint density at radius 1 is 1.53 bits per heavy atom. The van der Waals surface area contributed by atoms with Crippen molar-refractivity contribution in [2.75, 3.05) is 18.6 Å². The lowest BCUT2D eigenvalue weighted by Gasteiger charge is -2.21. The Labute approximate surface area is 111 Å². The molecule has 0 amide bonds. The number of aliphatic carboxylic acids is 1. The highest BCUT2D eigenvalue weighted by molar-refractivity contribution is 7.91. The summed E-state index contributed by atoms with van der Waals surface area (Å²) in [4.78, 5) is 15.6. The van der Waals surface area contributed by atoms with Gasteiger partial charge in [-0.25, -0.2) is 13.4 Å². The summed E-state index contributed by atoms with van der Waals surface area (Å²) >= 11 is 0. The van der Waals surface area contributed by atoms with Gasteiger partial charge < -0.3 is 9.84 Å². The lowest BCUT2D eigenvalue weighted by molar-refractivity contribution is -0.147. The van der Waals surface area contributed by atoms with Crippen LogP contribution in [0.1, 0.15) is 12.1 Å². The molecule has 1 saturated heterocycles. The summed E-state index contributed by atoms with van der Waals surface area (Å²) < 4.78 is 28.1. The number of rotatable bonds is 4. The van der Waals surface area contributed by atoms with Crippen molar-refractivity contribution in [1.82, 2.24) is 4.98 Å². The molecule has 1 unspecified atom stereocenters. The van der Waals surface area contributed by atoms with E-state index in [-0.39, 0.29) is 24.3 Å². The fourth-order valence-corrected chi connectivity index (χ4v) is 4.37. The number of methoxy groups -OCH3 is 1. The third-order valence-electron chi connectivity index (χ3n) is 3.35. The lowest BCUT2D eigenvalue weighted by atomic mass is 9.83. The number of carbonyl (C=O) groups is 1. The molecule has 0 aliphatic carbocycles. The van der Waals surface area contributed by atoms with Crippen LogP contribution in [0.5, 0.6) is 5.88 Å². The van der Waals surface area contributed by atoms with Gasteiger partial charge in [-0.05, 0) is 12.5 Å². The maximum atomic E-state index is 11.6. The highest BCUT2D eigenvalue weighted by Gasteiger charge is 2.48. The average Bonchev–Trinajstić information content (AvgIpc) is 2.66. The molecular formula is C12H15NO5S. The first-order chi connectivity index (χ1) is 8.87. The van der Waals surface area contributed by atoms with Crippen LogP contribution >= 0.6 is 0 Å². The molecule has 1 aromatic heterocycles. The van der Waals surface area contributed by atoms with E-state index < -0.39 is 21.2 Å². The minimum Gasteiger partial charge on any atom is -0.481 e. The average molecular weight is 285 g/mol. The number of hydrogen-bond acceptors (Lipinski definition) is 5. The first-order valence-corrected chi connectivity index (χ1v) is 7.63. The van der Waals surface area contributed by atoms with Crippen LogP contribution in [-0.2, 0) is 21.1 Å². The molecule has 0 aromatic carbocycles. The molecule has 0 bridgehead atoms. The van der Waals surface area contributed by atoms with Crippen LogP contribution in [0.25, 0.3) is 0 Å². The van der Waals surface area contributed by atoms with E-state index in [2.05, 4.69) is 4.98 Å². The molecule has 0 spiro atoms. The second kappa shape index (κ2) is 4.80. The lowest BCUT2D eigenvalue weighted by Crippen LogP contribution is -2.35. The number of pyridine rings is 1. The number of ether oxygens (including phenoxy) is 1. The van der Waals surface area contributed by atoms with Gasteiger partial charge in [-0.3, -0.25) is 4.79 Å². The first kappa shape index (κ1) is 13.8. The van der Waals surface area contributed by atoms with Crippen molar-refractivity contribution < 1.29 is 23.1 Å². The fourth-order valence-electron chi connectivity index (χ4n) is 2.32. The second-order valence-corrected chi connectivity index (χ2v) is 6.96. The number of carboxylic acids is 1. The zero-order chi connectivity index (χ0) is 14.1. The van der Waals surface area contributed by atoms with E-state index in [9.17, 15) is 18.3 Å². The third-order valence-corrected chi connectivity index (χ3v) is 5.17. The van der Waals surface area contributed by atoms with Crippen molar-refractivity contribution in [1.29, 1.82) is 0 Å². The monoisotopic (exact) mass is 285 g/mol. The maximum Gasteiger partial charge on any atom is 0.311 e. The van der Waals surface area contributed by atoms with Crippen molar-refractivity contribution in [3.63, 3.8) is 0 Å². The topological polar surface area (TPSA) is 93.6 Å². The first-order valence-electron chi connectivity index (χ1n) is 5.81. The van der Waals surface area contributed by atoms with Crippen LogP contribution in [0.2, 0.25) is 0 Å². The summed E-state index contributed by atoms with van der Waals surface area (Å²) in [7, 11) is -1.80. The summed E-state index contributed by atoms with van der Waals surface area (Å²) in [6.45, 7) is 0. The molecule has 0 radical (unpaired) electrons. The molecule has 7 heteroatoms. The minimum atomic E-state index is -3.27. The fraction of sp³-hybridized carbons (Fsp3) is 0.500. The second-order valence-electron chi connectivity index (χ2n) is 4.78. The number of aromatic nitrogens is 1. The predicted molar refractivity (Wildman–Crippen MR) is 67.8 cm³/mol. The SMILES string of the molecule is COc1cccc(CC2(C(=O)O)CCS(=O)(=O)C2)n1. The number of sulfone groups is 1. The highest BCUT2D eigenvalue weighted by atomic mass is 32.2. The van der Waals surface area contributed by atoms with Crippen molar-refractivity contribution in [3.8, 4) is 5.88 Å². The van der Waals surface area contributed by atoms with E-state index in [4.69, 9.17) is 4.74 Å². The van der Waals surface area contributed by atoms with Crippen LogP contribution in [-0.4, -0.2) is 43.1 Å². The van der Waals surface area contributed by atoms with E-state index >= 15 is 0 Å². The van der Waals surface area contributed by atoms with Gasteiger partial charge in [-0.2, -0.15) is 0 Å². The van der Waals surface area contributed by atoms with Gasteiger partial charge in [0.1, 0.15) is 0 Å². The van der Waals surface area contributed by atoms with Crippen molar-refractivity contribution >= 4 is 15.8 Å². The zero-order valence-electron chi connectivity index (χ0n) is 10.5. The van der Waals surface area contributed by atoms with Crippen molar-refractivity contribution in [2.24, 2.45) is 5.41 Å². The Hall–Kier alpha value is -1.63. The largest absolute Gasteiger partial charge is 0.481 e. The smallest absolute Gasteiger partial charge is 0.311 e. The zero-order valence-corrected chi connectivity index (χ0v) is 11.3. The molecule has 2 heterocycles. The normalized spacial score (nSPS) is 25.1. The standard InChI is InChI=1S/C12H15NO5S/c1-18-10-4-2-3-9(13-10)7-12(11(14)15)5-6-19(16,17)8-12/h2-4H,5-8H2,1H3,(H,14,15). The van der Waals surface area contributed by atoms with Crippen LogP contribution in [0.4, 0.5) is 0 Å². The minimum absolute atomic E-state index is 0.0801. The van der Waals surface area contributed by atoms with Gasteiger partial charge in [-0.15, -0.1) is 0 Å². The Balaban J connectivity index is 2.30. The molecule has 1 aromatic rings. The highest BCUT2D eigenvalue weighted by Crippen LogP contribution is 2.36. The van der Waals surface area contributed by atoms with E-state index in [1.807, 2.05) is 0 Å². The van der Waals surface area contributed by atoms with Gasteiger partial charge in [0, 0.05) is 18.2 Å². The molecule has 1 fully saturated rings. The van der Waals surface area contributed by atoms with E-state index in [1.165, 1.54) is 7.11 Å². The molecule has 0 saturated carbocycles. The van der Waals surface area contributed by atoms with Crippen LogP contribution < -0.4 is 4.74 Å². The van der Waals surface area contributed by atoms with Gasteiger partial charge >= 0.3 is 5.97 Å². The van der Waals surface area contributed by atoms with Gasteiger partial charge in [-0.1, -0.05) is 6.07 Å². The van der Waals surface area contributed by atoms with Gasteiger partial charge in [0.2, 0.25) is 5.88 Å². The Bertz CT molecular complexity index is 598. The molecule has 19 heavy (non-hydrogen) atoms. The van der Waals surface area contributed by atoms with E-state index in [0.717, 1.165) is 0 Å². The van der Waals surface area contributed by atoms with Crippen molar-refractivity contribution in [3.05, 3.63) is 23.9 Å². The van der Waals surface area contributed by atoms with E-state index in [0.29, 0.717) is 11.6 Å². The summed E-state index contributed by atoms with van der Waals surface area (Å²) in [5, 5.41) is 9.36. The van der Waals surface area contributed by atoms with Gasteiger partial charge in [0.05, 0.1) is 24.0 Å². The maximum absolute atomic E-state index is 11.6. The molecule has 6 nitrogen and oxygen atoms in total. The quantitative estimate of drug-likeness (QED) is 0.867. The number of carboxylic acid groups (broad SMARTS) is 1. The Kier molecular flexibility index (Phi) is 3.49. The molecule has 1 atom stereocenters. The van der Waals surface area contributed by atoms with Crippen molar-refractivity contribution in [2.45, 2.75) is 12.8 Å². The Morgan fingerprint density at radius 2 is 2.26 bits per heavy atom. The Morgan fingerprint density at radius 3 is 2.79 bits per heavy atom. The van der Waals surface area contributed by atoms with Gasteiger partial charge in [0.25, 0.3) is 0 Å². The molecule has 2 rings (SSSR count). The third kappa shape index (κ3) is 2.86. The summed E-state index contributed by atoms with van der Waals surface area (Å²) in [5.74, 6) is -1.10. The summed E-state index contributed by atoms with van der Waals surface area (Å²) in [5.41, 5.74) is -0.739. The molecule has 1 aliphatic rings. The van der Waals surface area contributed by atoms with Gasteiger partial charge in [0.15, 0.2) is 9.84 Å². The summed E-state index contributed by atoms with van der Waals surface area (Å²) in [6.07, 6.45) is 0.225. The predicted octanol–water partition coefficient (Wildman–Crippen LogP) is 0.522. The molecule has 1 aliphatic heterocycles. The number of hydrogen-bond donors (Lipinski definition) is 1. The molecular weight excluding hydrogens is 270 g/mol. The van der Waals surface area contributed by atoms with E-state index in [1.54, 1.807) is 18.2 Å². The summed E-state index contributed by atoms with van der Waals surface area (Å²) in [6, 6.07) is 5.04.